The Hall–Kier alpha value is -2.67. The Labute approximate surface area is 156 Å². The van der Waals surface area contributed by atoms with Crippen LogP contribution in [-0.2, 0) is 24.2 Å². The van der Waals surface area contributed by atoms with Gasteiger partial charge in [0.25, 0.3) is 5.91 Å². The van der Waals surface area contributed by atoms with Crippen molar-refractivity contribution < 1.29 is 45.9 Å². The van der Waals surface area contributed by atoms with Crippen LogP contribution in [0, 0.1) is 0 Å². The SMILES string of the molecule is CN1C(=O)CC(C(=O)NO)(S(=O)(=O)c2ccc(OCC(F)(F)F)cc2)CC1=O. The van der Waals surface area contributed by atoms with Gasteiger partial charge < -0.3 is 4.74 Å². The van der Waals surface area contributed by atoms with E-state index in [1.165, 1.54) is 0 Å². The number of likely N-dealkylation sites (tertiary alicyclic amines) is 1. The third-order valence-electron chi connectivity index (χ3n) is 4.19. The minimum absolute atomic E-state index is 0.285. The highest BCUT2D eigenvalue weighted by molar-refractivity contribution is 7.93. The lowest BCUT2D eigenvalue weighted by atomic mass is 9.94. The molecule has 154 valence electrons. The van der Waals surface area contributed by atoms with E-state index >= 15 is 0 Å². The van der Waals surface area contributed by atoms with Crippen LogP contribution < -0.4 is 10.2 Å². The van der Waals surface area contributed by atoms with Gasteiger partial charge in [-0.15, -0.1) is 0 Å². The van der Waals surface area contributed by atoms with Crippen LogP contribution in [0.2, 0.25) is 0 Å². The standard InChI is InChI=1S/C15H15F3N2O7S/c1-20-11(21)6-14(7-12(20)22,13(23)19-24)28(25,26)10-4-2-9(3-5-10)27-8-15(16,17)18/h2-5,24H,6-8H2,1H3,(H,19,23). The number of hydrogen-bond donors (Lipinski definition) is 2. The van der Waals surface area contributed by atoms with Gasteiger partial charge in [-0.3, -0.25) is 24.5 Å². The van der Waals surface area contributed by atoms with E-state index in [9.17, 15) is 36.0 Å². The molecule has 0 bridgehead atoms. The minimum atomic E-state index is -4.70. The van der Waals surface area contributed by atoms with E-state index in [4.69, 9.17) is 5.21 Å². The number of nitrogens with zero attached hydrogens (tertiary/aromatic N) is 1. The van der Waals surface area contributed by atoms with Crippen molar-refractivity contribution in [1.29, 1.82) is 0 Å². The molecule has 1 heterocycles. The molecular weight excluding hydrogens is 409 g/mol. The Morgan fingerprint density at radius 1 is 1.21 bits per heavy atom. The molecular formula is C15H15F3N2O7S. The van der Waals surface area contributed by atoms with E-state index in [0.29, 0.717) is 4.90 Å². The number of piperidine rings is 1. The normalized spacial score (nSPS) is 17.4. The second kappa shape index (κ2) is 7.39. The molecule has 1 fully saturated rings. The van der Waals surface area contributed by atoms with Gasteiger partial charge in [-0.05, 0) is 24.3 Å². The monoisotopic (exact) mass is 424 g/mol. The summed E-state index contributed by atoms with van der Waals surface area (Å²) in [5, 5.41) is 8.96. The molecule has 0 unspecified atom stereocenters. The molecule has 1 aromatic rings. The van der Waals surface area contributed by atoms with E-state index in [1.54, 1.807) is 0 Å². The molecule has 0 spiro atoms. The maximum Gasteiger partial charge on any atom is 0.422 e. The van der Waals surface area contributed by atoms with Crippen molar-refractivity contribution in [3.63, 3.8) is 0 Å². The highest BCUT2D eigenvalue weighted by atomic mass is 32.2. The first-order valence-corrected chi connectivity index (χ1v) is 9.10. The van der Waals surface area contributed by atoms with Crippen LogP contribution in [-0.4, -0.2) is 60.8 Å². The zero-order valence-electron chi connectivity index (χ0n) is 14.3. The number of ether oxygens (including phenoxy) is 1. The van der Waals surface area contributed by atoms with Gasteiger partial charge in [-0.1, -0.05) is 0 Å². The molecule has 0 atom stereocenters. The predicted octanol–water partition coefficient (Wildman–Crippen LogP) is 0.424. The fraction of sp³-hybridized carbons (Fsp3) is 0.400. The topological polar surface area (TPSA) is 130 Å². The highest BCUT2D eigenvalue weighted by Gasteiger charge is 2.57. The molecule has 1 aromatic carbocycles. The van der Waals surface area contributed by atoms with Crippen molar-refractivity contribution in [2.75, 3.05) is 13.7 Å². The second-order valence-corrected chi connectivity index (χ2v) is 8.27. The predicted molar refractivity (Wildman–Crippen MR) is 84.8 cm³/mol. The molecule has 1 saturated heterocycles. The van der Waals surface area contributed by atoms with Gasteiger partial charge in [0.1, 0.15) is 5.75 Å². The van der Waals surface area contributed by atoms with Gasteiger partial charge in [-0.2, -0.15) is 13.2 Å². The number of carbonyl (C=O) groups is 3. The van der Waals surface area contributed by atoms with Gasteiger partial charge in [-0.25, -0.2) is 13.9 Å². The molecule has 1 aliphatic rings. The number of rotatable bonds is 5. The van der Waals surface area contributed by atoms with Gasteiger partial charge in [0.15, 0.2) is 21.2 Å². The number of carbonyl (C=O) groups excluding carboxylic acids is 3. The Kier molecular flexibility index (Phi) is 5.71. The number of nitrogens with one attached hydrogen (secondary N) is 1. The maximum absolute atomic E-state index is 13.0. The quantitative estimate of drug-likeness (QED) is 0.398. The number of benzene rings is 1. The molecule has 3 amide bonds. The Balaban J connectivity index is 2.42. The van der Waals surface area contributed by atoms with Crippen molar-refractivity contribution in [3.8, 4) is 5.75 Å². The molecule has 0 aliphatic carbocycles. The Morgan fingerprint density at radius 3 is 2.14 bits per heavy atom. The number of sulfone groups is 1. The first-order valence-electron chi connectivity index (χ1n) is 7.62. The number of halogens is 3. The third-order valence-corrected chi connectivity index (χ3v) is 6.58. The summed E-state index contributed by atoms with van der Waals surface area (Å²) in [7, 11) is -3.59. The van der Waals surface area contributed by atoms with E-state index in [1.807, 2.05) is 0 Å². The van der Waals surface area contributed by atoms with Crippen molar-refractivity contribution in [1.82, 2.24) is 10.4 Å². The van der Waals surface area contributed by atoms with Crippen molar-refractivity contribution in [2.24, 2.45) is 0 Å². The van der Waals surface area contributed by atoms with Crippen molar-refractivity contribution >= 4 is 27.6 Å². The summed E-state index contributed by atoms with van der Waals surface area (Å²) in [5.74, 6) is -3.66. The lowest BCUT2D eigenvalue weighted by Gasteiger charge is -2.36. The number of imide groups is 1. The first-order chi connectivity index (χ1) is 12.8. The fourth-order valence-corrected chi connectivity index (χ4v) is 4.47. The number of hydroxylamine groups is 1. The summed E-state index contributed by atoms with van der Waals surface area (Å²) >= 11 is 0. The molecule has 2 N–H and O–H groups in total. The van der Waals surface area contributed by atoms with Gasteiger partial charge in [0.05, 0.1) is 17.7 Å². The Bertz CT molecular complexity index is 879. The lowest BCUT2D eigenvalue weighted by Crippen LogP contribution is -2.60. The smallest absolute Gasteiger partial charge is 0.422 e. The van der Waals surface area contributed by atoms with Crippen LogP contribution in [0.3, 0.4) is 0 Å². The van der Waals surface area contributed by atoms with Crippen LogP contribution in [0.5, 0.6) is 5.75 Å². The van der Waals surface area contributed by atoms with Crippen molar-refractivity contribution in [2.45, 2.75) is 28.7 Å². The summed E-state index contributed by atoms with van der Waals surface area (Å²) in [6.07, 6.45) is -6.41. The maximum atomic E-state index is 13.0. The molecule has 0 radical (unpaired) electrons. The summed E-state index contributed by atoms with van der Waals surface area (Å²) in [4.78, 5) is 36.3. The molecule has 0 saturated carbocycles. The third kappa shape index (κ3) is 3.94. The van der Waals surface area contributed by atoms with E-state index < -0.39 is 62.8 Å². The van der Waals surface area contributed by atoms with Crippen molar-refractivity contribution in [3.05, 3.63) is 24.3 Å². The molecule has 28 heavy (non-hydrogen) atoms. The largest absolute Gasteiger partial charge is 0.484 e. The average Bonchev–Trinajstić information content (AvgIpc) is 2.62. The van der Waals surface area contributed by atoms with Crippen LogP contribution in [0.15, 0.2) is 29.2 Å². The van der Waals surface area contributed by atoms with E-state index in [0.717, 1.165) is 36.8 Å². The van der Waals surface area contributed by atoms with E-state index in [-0.39, 0.29) is 5.75 Å². The van der Waals surface area contributed by atoms with Gasteiger partial charge in [0.2, 0.25) is 11.8 Å². The van der Waals surface area contributed by atoms with Crippen LogP contribution in [0.4, 0.5) is 13.2 Å². The zero-order valence-corrected chi connectivity index (χ0v) is 15.1. The first kappa shape index (κ1) is 21.6. The summed E-state index contributed by atoms with van der Waals surface area (Å²) in [6.45, 7) is -1.59. The molecule has 0 aromatic heterocycles. The molecule has 13 heteroatoms. The van der Waals surface area contributed by atoms with Gasteiger partial charge in [0, 0.05) is 7.05 Å². The second-order valence-electron chi connectivity index (χ2n) is 6.01. The molecule has 1 aliphatic heterocycles. The highest BCUT2D eigenvalue weighted by Crippen LogP contribution is 2.37. The minimum Gasteiger partial charge on any atom is -0.484 e. The number of hydrogen-bond acceptors (Lipinski definition) is 7. The lowest BCUT2D eigenvalue weighted by molar-refractivity contribution is -0.153. The fourth-order valence-electron chi connectivity index (χ4n) is 2.61. The van der Waals surface area contributed by atoms with Crippen LogP contribution in [0.25, 0.3) is 0 Å². The van der Waals surface area contributed by atoms with Gasteiger partial charge >= 0.3 is 6.18 Å². The summed E-state index contributed by atoms with van der Waals surface area (Å²) in [6, 6.07) is 3.62. The zero-order chi connectivity index (χ0) is 21.3. The van der Waals surface area contributed by atoms with E-state index in [2.05, 4.69) is 4.74 Å². The number of alkyl halides is 3. The number of amides is 3. The summed E-state index contributed by atoms with van der Waals surface area (Å²) in [5.41, 5.74) is 1.16. The average molecular weight is 424 g/mol. The van der Waals surface area contributed by atoms with Crippen LogP contribution >= 0.6 is 0 Å². The van der Waals surface area contributed by atoms with Crippen LogP contribution in [0.1, 0.15) is 12.8 Å². The molecule has 9 nitrogen and oxygen atoms in total. The Morgan fingerprint density at radius 2 is 1.71 bits per heavy atom. The molecule has 2 rings (SSSR count). The summed E-state index contributed by atoms with van der Waals surface area (Å²) < 4.78 is 64.4.